The van der Waals surface area contributed by atoms with Gasteiger partial charge < -0.3 is 0 Å². The molecule has 20 heavy (non-hydrogen) atoms. The second kappa shape index (κ2) is 4.28. The van der Waals surface area contributed by atoms with Gasteiger partial charge in [0.05, 0.1) is 12.7 Å². The first-order chi connectivity index (χ1) is 9.83. The largest absolute Gasteiger partial charge is 0.348 e. The summed E-state index contributed by atoms with van der Waals surface area (Å²) < 4.78 is 0. The van der Waals surface area contributed by atoms with E-state index in [0.717, 1.165) is 16.8 Å². The number of azo groups is 1. The molecule has 1 unspecified atom stereocenters. The molecule has 1 aromatic carbocycles. The highest BCUT2D eigenvalue weighted by Crippen LogP contribution is 2.36. The first kappa shape index (κ1) is 11.4. The van der Waals surface area contributed by atoms with Crippen LogP contribution in [0, 0.1) is 0 Å². The fraction of sp³-hybridized carbons (Fsp3) is 0.214. The number of hydrogen-bond donors (Lipinski definition) is 0. The van der Waals surface area contributed by atoms with Crippen molar-refractivity contribution >= 4 is 6.03 Å². The van der Waals surface area contributed by atoms with Crippen LogP contribution in [0.3, 0.4) is 0 Å². The molecule has 4 rings (SSSR count). The molecule has 100 valence electrons. The molecule has 0 saturated carbocycles. The van der Waals surface area contributed by atoms with Crippen molar-refractivity contribution < 1.29 is 9.63 Å². The molecule has 0 aromatic heterocycles. The Bertz CT molecular complexity index is 650. The SMILES string of the molecule is O=C1N2C=C3N=NC=C3C(C2)N1OCc1ccccc1. The summed E-state index contributed by atoms with van der Waals surface area (Å²) in [4.78, 5) is 19.5. The van der Waals surface area contributed by atoms with Crippen LogP contribution in [0.2, 0.25) is 0 Å². The van der Waals surface area contributed by atoms with Crippen molar-refractivity contribution in [1.82, 2.24) is 9.96 Å². The summed E-state index contributed by atoms with van der Waals surface area (Å²) >= 11 is 0. The van der Waals surface area contributed by atoms with Gasteiger partial charge in [-0.1, -0.05) is 30.3 Å². The summed E-state index contributed by atoms with van der Waals surface area (Å²) in [7, 11) is 0. The molecular formula is C14H12N4O2. The first-order valence-electron chi connectivity index (χ1n) is 6.43. The highest BCUT2D eigenvalue weighted by Gasteiger charge is 2.45. The quantitative estimate of drug-likeness (QED) is 0.845. The third-order valence-electron chi connectivity index (χ3n) is 3.60. The Hall–Kier alpha value is -2.47. The van der Waals surface area contributed by atoms with E-state index in [9.17, 15) is 4.79 Å². The summed E-state index contributed by atoms with van der Waals surface area (Å²) in [5, 5.41) is 9.33. The van der Waals surface area contributed by atoms with Crippen molar-refractivity contribution in [3.63, 3.8) is 0 Å². The topological polar surface area (TPSA) is 57.5 Å². The van der Waals surface area contributed by atoms with Gasteiger partial charge in [-0.25, -0.2) is 4.79 Å². The summed E-state index contributed by atoms with van der Waals surface area (Å²) in [5.41, 5.74) is 2.72. The molecule has 0 spiro atoms. The second-order valence-electron chi connectivity index (χ2n) is 4.85. The summed E-state index contributed by atoms with van der Waals surface area (Å²) in [6.45, 7) is 0.960. The number of benzene rings is 1. The van der Waals surface area contributed by atoms with Crippen LogP contribution in [0.5, 0.6) is 0 Å². The smallest absolute Gasteiger partial charge is 0.294 e. The van der Waals surface area contributed by atoms with Gasteiger partial charge >= 0.3 is 6.03 Å². The van der Waals surface area contributed by atoms with Crippen LogP contribution in [0.15, 0.2) is 64.2 Å². The summed E-state index contributed by atoms with van der Waals surface area (Å²) in [5.74, 6) is 0. The van der Waals surface area contributed by atoms with Crippen molar-refractivity contribution in [3.8, 4) is 0 Å². The van der Waals surface area contributed by atoms with Crippen LogP contribution in [-0.2, 0) is 11.4 Å². The Morgan fingerprint density at radius 2 is 2.15 bits per heavy atom. The zero-order valence-corrected chi connectivity index (χ0v) is 10.6. The van der Waals surface area contributed by atoms with E-state index >= 15 is 0 Å². The molecule has 1 fully saturated rings. The lowest BCUT2D eigenvalue weighted by Gasteiger charge is -2.22. The highest BCUT2D eigenvalue weighted by atomic mass is 16.7. The zero-order valence-electron chi connectivity index (χ0n) is 10.6. The fourth-order valence-corrected chi connectivity index (χ4v) is 2.58. The monoisotopic (exact) mass is 268 g/mol. The minimum atomic E-state index is -0.149. The Morgan fingerprint density at radius 1 is 1.30 bits per heavy atom. The number of fused-ring (bicyclic) bond motifs is 4. The Balaban J connectivity index is 1.54. The van der Waals surface area contributed by atoms with E-state index in [-0.39, 0.29) is 12.1 Å². The number of urea groups is 1. The van der Waals surface area contributed by atoms with Crippen molar-refractivity contribution in [2.24, 2.45) is 10.2 Å². The Kier molecular flexibility index (Phi) is 2.43. The maximum Gasteiger partial charge on any atom is 0.348 e. The predicted molar refractivity (Wildman–Crippen MR) is 70.0 cm³/mol. The van der Waals surface area contributed by atoms with Crippen LogP contribution < -0.4 is 0 Å². The number of hydroxylamine groups is 2. The molecule has 3 aliphatic heterocycles. The molecule has 3 aliphatic rings. The minimum absolute atomic E-state index is 0.124. The predicted octanol–water partition coefficient (Wildman–Crippen LogP) is 2.43. The summed E-state index contributed by atoms with van der Waals surface area (Å²) in [6, 6.07) is 9.51. The van der Waals surface area contributed by atoms with E-state index < -0.39 is 0 Å². The standard InChI is InChI=1S/C14H12N4O2/c19-14-17-7-12-11(6-15-16-12)13(8-17)18(14)20-9-10-4-2-1-3-5-10/h1-7,13H,8-9H2. The van der Waals surface area contributed by atoms with E-state index in [4.69, 9.17) is 4.84 Å². The van der Waals surface area contributed by atoms with Gasteiger partial charge in [0.25, 0.3) is 0 Å². The van der Waals surface area contributed by atoms with Gasteiger partial charge in [-0.3, -0.25) is 9.74 Å². The molecule has 2 amide bonds. The maximum absolute atomic E-state index is 12.2. The van der Waals surface area contributed by atoms with Crippen molar-refractivity contribution in [3.05, 3.63) is 59.6 Å². The van der Waals surface area contributed by atoms with E-state index in [1.165, 1.54) is 5.06 Å². The minimum Gasteiger partial charge on any atom is -0.294 e. The van der Waals surface area contributed by atoms with Gasteiger partial charge in [0.1, 0.15) is 18.3 Å². The van der Waals surface area contributed by atoms with E-state index in [1.807, 2.05) is 30.3 Å². The van der Waals surface area contributed by atoms with Gasteiger partial charge in [0.15, 0.2) is 0 Å². The third-order valence-corrected chi connectivity index (χ3v) is 3.60. The van der Waals surface area contributed by atoms with Gasteiger partial charge in [-0.05, 0) is 5.56 Å². The number of carbonyl (C=O) groups excluding carboxylic acids is 1. The second-order valence-corrected chi connectivity index (χ2v) is 4.85. The molecule has 0 radical (unpaired) electrons. The van der Waals surface area contributed by atoms with E-state index in [1.54, 1.807) is 17.3 Å². The van der Waals surface area contributed by atoms with Crippen LogP contribution in [0.4, 0.5) is 4.79 Å². The first-order valence-corrected chi connectivity index (χ1v) is 6.43. The molecule has 2 bridgehead atoms. The highest BCUT2D eigenvalue weighted by molar-refractivity contribution is 5.80. The molecular weight excluding hydrogens is 256 g/mol. The van der Waals surface area contributed by atoms with Gasteiger partial charge in [0, 0.05) is 11.8 Å². The lowest BCUT2D eigenvalue weighted by atomic mass is 10.0. The van der Waals surface area contributed by atoms with Crippen molar-refractivity contribution in [1.29, 1.82) is 0 Å². The maximum atomic E-state index is 12.2. The van der Waals surface area contributed by atoms with Crippen molar-refractivity contribution in [2.75, 3.05) is 6.54 Å². The lowest BCUT2D eigenvalue weighted by molar-refractivity contribution is -0.132. The molecule has 3 heterocycles. The molecule has 6 nitrogen and oxygen atoms in total. The lowest BCUT2D eigenvalue weighted by Crippen LogP contribution is -2.34. The van der Waals surface area contributed by atoms with Gasteiger partial charge in [-0.2, -0.15) is 10.2 Å². The molecule has 6 heteroatoms. The normalized spacial score (nSPS) is 23.0. The molecule has 1 saturated heterocycles. The Labute approximate surface area is 115 Å². The number of carbonyl (C=O) groups is 1. The number of nitrogens with zero attached hydrogens (tertiary/aromatic N) is 4. The summed E-state index contributed by atoms with van der Waals surface area (Å²) in [6.07, 6.45) is 3.43. The zero-order chi connectivity index (χ0) is 13.5. The molecule has 0 aliphatic carbocycles. The number of amides is 2. The third kappa shape index (κ3) is 1.65. The van der Waals surface area contributed by atoms with Gasteiger partial charge in [0.2, 0.25) is 0 Å². The average molecular weight is 268 g/mol. The number of rotatable bonds is 3. The van der Waals surface area contributed by atoms with Crippen LogP contribution in [0.1, 0.15) is 5.56 Å². The van der Waals surface area contributed by atoms with Crippen LogP contribution >= 0.6 is 0 Å². The van der Waals surface area contributed by atoms with Crippen molar-refractivity contribution in [2.45, 2.75) is 12.6 Å². The Morgan fingerprint density at radius 3 is 3.00 bits per heavy atom. The van der Waals surface area contributed by atoms with Gasteiger partial charge in [-0.15, -0.1) is 5.11 Å². The molecule has 1 aromatic rings. The van der Waals surface area contributed by atoms with Crippen LogP contribution in [0.25, 0.3) is 0 Å². The average Bonchev–Trinajstić information content (AvgIpc) is 3.05. The van der Waals surface area contributed by atoms with E-state index in [2.05, 4.69) is 10.2 Å². The van der Waals surface area contributed by atoms with Crippen LogP contribution in [-0.4, -0.2) is 28.6 Å². The molecule has 1 atom stereocenters. The van der Waals surface area contributed by atoms with E-state index in [0.29, 0.717) is 13.2 Å². The molecule has 0 N–H and O–H groups in total. The number of hydrogen-bond acceptors (Lipinski definition) is 4. The fourth-order valence-electron chi connectivity index (χ4n) is 2.58.